The summed E-state index contributed by atoms with van der Waals surface area (Å²) in [7, 11) is 0. The van der Waals surface area contributed by atoms with E-state index in [0.717, 1.165) is 18.2 Å². The Bertz CT molecular complexity index is 3880. The van der Waals surface area contributed by atoms with E-state index < -0.39 is 117 Å². The van der Waals surface area contributed by atoms with Crippen LogP contribution >= 0.6 is 11.6 Å². The number of aromatic amines is 4. The molecule has 90 heavy (non-hydrogen) atoms. The molecule has 5 heterocycles. The molecule has 3 unspecified atom stereocenters. The Hall–Kier alpha value is -8.27. The van der Waals surface area contributed by atoms with Crippen LogP contribution in [-0.2, 0) is 72.5 Å². The molecule has 0 fully saturated rings. The summed E-state index contributed by atoms with van der Waals surface area (Å²) in [6, 6.07) is 0.800. The number of fused-ring (bicyclic) bond motifs is 5. The number of hydrogen-bond donors (Lipinski definition) is 9. The lowest BCUT2D eigenvalue weighted by molar-refractivity contribution is -0.139. The van der Waals surface area contributed by atoms with Crippen LogP contribution in [0, 0.1) is 0 Å². The van der Waals surface area contributed by atoms with Crippen molar-refractivity contribution in [3.8, 4) is 0 Å². The lowest BCUT2D eigenvalue weighted by Crippen LogP contribution is -2.35. The van der Waals surface area contributed by atoms with Crippen LogP contribution in [0.2, 0.25) is 5.15 Å². The minimum atomic E-state index is -4.66. The van der Waals surface area contributed by atoms with Gasteiger partial charge < -0.3 is 52.4 Å². The van der Waals surface area contributed by atoms with Gasteiger partial charge in [0.05, 0.1) is 39.6 Å². The molecule has 6 aliphatic rings. The number of rotatable bonds is 1. The molecule has 0 saturated heterocycles. The summed E-state index contributed by atoms with van der Waals surface area (Å²) in [6.45, 7) is 4.98. The van der Waals surface area contributed by atoms with Gasteiger partial charge >= 0.3 is 37.0 Å². The van der Waals surface area contributed by atoms with Gasteiger partial charge in [0.15, 0.2) is 11.6 Å². The topological polar surface area (TPSA) is 327 Å². The molecule has 490 valence electrons. The van der Waals surface area contributed by atoms with E-state index in [4.69, 9.17) is 38.7 Å². The second-order valence-corrected chi connectivity index (χ2v) is 22.1. The zero-order valence-corrected chi connectivity index (χ0v) is 47.8. The van der Waals surface area contributed by atoms with Gasteiger partial charge in [-0.05, 0) is 97.1 Å². The number of carbonyl (C=O) groups is 3. The van der Waals surface area contributed by atoms with Crippen molar-refractivity contribution in [1.29, 1.82) is 0 Å². The Morgan fingerprint density at radius 3 is 1.44 bits per heavy atom. The standard InChI is InChI=1S/C14H17F3N2O3.C9H8ClF3N2.C9H7F3N2O2.C9H9F3N2O.C9H6F3NO2.C5H7NO/c1-13(2,3)22-12(21)19-9-5-4-8-11(9)7(14(15,16)17)6-10(20)18-8;10-7-3-4(9(11,12)13)8-5(14)1-2-6(8)15-7;10-9(11,12)4-3-7(15)13-5-1-2-6(14-16)8(4)5;10-9(11,12)4-3-7(15)14-6-2-1-5(13)8(4)6;10-9(11,12)4-3-7(15)13-5-1-2-6(14)8(4)5;6-4-1-2-5(7)3-4/h6,9H,4-5H2,1-3H3,(H,18,20)(H,19,21);3,5H,1-2,14H2;3,16H,1-2H2,(H,13,15);3,5H,1-2,13H2,(H,14,15);3H,1-2H2,(H,13,15);3H,1-2,6H2/b;;14-6+;;;. The van der Waals surface area contributed by atoms with Crippen LogP contribution in [0.5, 0.6) is 0 Å². The SMILES string of the molecule is CC(C)(C)OC(=O)NC1CCc2[nH]c(=O)cc(C(F)(F)F)c21.NC1=CC(=O)CC1.NC1CCc2[nH]c(=O)cc(C(F)(F)F)c21.NC1CCc2nc(Cl)cc(C(F)(F)F)c21.O=C1CCc2[nH]c(=O)cc(C(F)(F)F)c21.O=c1cc(C(F)(F)F)c2c([nH]1)CC/C2=N\O. The van der Waals surface area contributed by atoms with E-state index in [0.29, 0.717) is 67.8 Å². The van der Waals surface area contributed by atoms with E-state index in [1.807, 2.05) is 0 Å². The van der Waals surface area contributed by atoms with Crippen molar-refractivity contribution in [3.63, 3.8) is 0 Å². The lowest BCUT2D eigenvalue weighted by Gasteiger charge is -2.23. The van der Waals surface area contributed by atoms with Crippen LogP contribution in [0.25, 0.3) is 0 Å². The molecule has 0 bridgehead atoms. The summed E-state index contributed by atoms with van der Waals surface area (Å²) >= 11 is 5.53. The van der Waals surface area contributed by atoms with E-state index in [9.17, 15) is 99.4 Å². The number of hydrogen-bond acceptors (Lipinski definition) is 14. The van der Waals surface area contributed by atoms with Gasteiger partial charge in [-0.1, -0.05) is 16.8 Å². The van der Waals surface area contributed by atoms with E-state index in [-0.39, 0.29) is 100 Å². The first-order chi connectivity index (χ1) is 41.4. The smallest absolute Gasteiger partial charge is 0.417 e. The lowest BCUT2D eigenvalue weighted by atomic mass is 10.0. The second-order valence-electron chi connectivity index (χ2n) is 21.7. The molecule has 0 radical (unpaired) electrons. The van der Waals surface area contributed by atoms with Gasteiger partial charge in [-0.2, -0.15) is 65.9 Å². The van der Waals surface area contributed by atoms with Gasteiger partial charge in [-0.15, -0.1) is 0 Å². The highest BCUT2D eigenvalue weighted by Crippen LogP contribution is 2.43. The first kappa shape index (κ1) is 70.8. The quantitative estimate of drug-likeness (QED) is 0.0327. The maximum Gasteiger partial charge on any atom is 0.417 e. The number of halogens is 16. The average molecular weight is 1320 g/mol. The van der Waals surface area contributed by atoms with Crippen LogP contribution in [0.1, 0.15) is 173 Å². The first-order valence-electron chi connectivity index (χ1n) is 26.7. The molecular weight excluding hydrogens is 1270 g/mol. The molecule has 19 nitrogen and oxygen atoms in total. The maximum atomic E-state index is 13.1. The summed E-state index contributed by atoms with van der Waals surface area (Å²) in [5.74, 6) is -0.397. The summed E-state index contributed by atoms with van der Waals surface area (Å²) < 4.78 is 196. The molecule has 3 atom stereocenters. The van der Waals surface area contributed by atoms with Crippen molar-refractivity contribution in [1.82, 2.24) is 30.2 Å². The number of Topliss-reactive ketones (excluding diaryl/α,β-unsaturated/α-hetero) is 1. The molecule has 11 rings (SSSR count). The van der Waals surface area contributed by atoms with Gasteiger partial charge in [0, 0.05) is 111 Å². The van der Waals surface area contributed by atoms with Crippen molar-refractivity contribution in [2.24, 2.45) is 22.4 Å². The van der Waals surface area contributed by atoms with Gasteiger partial charge in [0.25, 0.3) is 0 Å². The van der Waals surface area contributed by atoms with Crippen molar-refractivity contribution >= 4 is 35.0 Å². The number of nitrogens with two attached hydrogens (primary N) is 3. The largest absolute Gasteiger partial charge is 0.444 e. The molecule has 0 aliphatic heterocycles. The Balaban J connectivity index is 0.000000175. The summed E-state index contributed by atoms with van der Waals surface area (Å²) in [5.41, 5.74) is 9.08. The zero-order valence-electron chi connectivity index (χ0n) is 47.1. The van der Waals surface area contributed by atoms with E-state index in [1.54, 1.807) is 20.8 Å². The Morgan fingerprint density at radius 2 is 0.978 bits per heavy atom. The Labute approximate surface area is 501 Å². The highest BCUT2D eigenvalue weighted by molar-refractivity contribution is 6.29. The fourth-order valence-electron chi connectivity index (χ4n) is 10.4. The molecular formula is C55H54ClF15N10O9. The molecule has 0 aromatic carbocycles. The molecule has 0 spiro atoms. The number of carbonyl (C=O) groups excluding carboxylic acids is 3. The average Bonchev–Trinajstić information content (AvgIpc) is 1.57. The predicted molar refractivity (Wildman–Crippen MR) is 289 cm³/mol. The fraction of sp³-hybridized carbons (Fsp3) is 0.436. The van der Waals surface area contributed by atoms with Crippen LogP contribution < -0.4 is 44.8 Å². The number of nitrogens with one attached hydrogen (secondary N) is 5. The molecule has 12 N–H and O–H groups in total. The number of nitrogens with zero attached hydrogens (tertiary/aromatic N) is 2. The van der Waals surface area contributed by atoms with Gasteiger partial charge in [-0.25, -0.2) is 9.78 Å². The minimum absolute atomic E-state index is 0.0262. The van der Waals surface area contributed by atoms with Crippen LogP contribution in [0.3, 0.4) is 0 Å². The predicted octanol–water partition coefficient (Wildman–Crippen LogP) is 10.2. The molecule has 5 aromatic rings. The molecule has 1 amide bonds. The van der Waals surface area contributed by atoms with Crippen molar-refractivity contribution in [2.75, 3.05) is 0 Å². The first-order valence-corrected chi connectivity index (χ1v) is 27.1. The highest BCUT2D eigenvalue weighted by Gasteiger charge is 2.44. The van der Waals surface area contributed by atoms with E-state index in [1.165, 1.54) is 6.08 Å². The summed E-state index contributed by atoms with van der Waals surface area (Å²) in [5, 5.41) is 13.7. The zero-order chi connectivity index (χ0) is 67.6. The normalized spacial score (nSPS) is 18.5. The van der Waals surface area contributed by atoms with Crippen LogP contribution in [0.4, 0.5) is 70.7 Å². The van der Waals surface area contributed by atoms with Crippen LogP contribution in [0.15, 0.2) is 66.4 Å². The maximum absolute atomic E-state index is 13.1. The second kappa shape index (κ2) is 27.1. The number of pyridine rings is 5. The monoisotopic (exact) mass is 1320 g/mol. The highest BCUT2D eigenvalue weighted by atomic mass is 35.5. The van der Waals surface area contributed by atoms with Crippen molar-refractivity contribution < 1.29 is 90.2 Å². The van der Waals surface area contributed by atoms with Crippen molar-refractivity contribution in [2.45, 2.75) is 152 Å². The van der Waals surface area contributed by atoms with Gasteiger partial charge in [0.2, 0.25) is 22.2 Å². The molecule has 5 aromatic heterocycles. The van der Waals surface area contributed by atoms with Crippen LogP contribution in [-0.4, -0.2) is 59.1 Å². The third-order valence-corrected chi connectivity index (χ3v) is 14.2. The number of amides is 1. The summed E-state index contributed by atoms with van der Waals surface area (Å²) in [4.78, 5) is 90.8. The number of ketones is 2. The fourth-order valence-corrected chi connectivity index (χ4v) is 10.6. The molecule has 0 saturated carbocycles. The number of ether oxygens (including phenoxy) is 1. The molecule has 6 aliphatic carbocycles. The Morgan fingerprint density at radius 1 is 0.556 bits per heavy atom. The van der Waals surface area contributed by atoms with E-state index >= 15 is 0 Å². The number of alkyl halides is 15. The number of aryl methyl sites for hydroxylation is 5. The number of allylic oxidation sites excluding steroid dienone is 2. The number of alkyl carbamates (subject to hydrolysis) is 1. The van der Waals surface area contributed by atoms with Crippen molar-refractivity contribution in [3.05, 3.63) is 173 Å². The number of aromatic nitrogens is 5. The van der Waals surface area contributed by atoms with Gasteiger partial charge in [0.1, 0.15) is 10.8 Å². The summed E-state index contributed by atoms with van der Waals surface area (Å²) in [6.07, 6.45) is -17.8. The van der Waals surface area contributed by atoms with Gasteiger partial charge in [-0.3, -0.25) is 28.8 Å². The Kier molecular flexibility index (Phi) is 21.3. The third kappa shape index (κ3) is 17.8. The number of H-pyrrole nitrogens is 4. The minimum Gasteiger partial charge on any atom is -0.444 e. The molecule has 35 heteroatoms. The number of oxime groups is 1. The van der Waals surface area contributed by atoms with E-state index in [2.05, 4.69) is 35.4 Å². The third-order valence-electron chi connectivity index (χ3n) is 14.0.